The Morgan fingerprint density at radius 2 is 1.85 bits per heavy atom. The molecule has 1 fully saturated rings. The molecule has 1 saturated heterocycles. The summed E-state index contributed by atoms with van der Waals surface area (Å²) in [5.41, 5.74) is 3.23. The zero-order valence-corrected chi connectivity index (χ0v) is 19.8. The number of ether oxygens (including phenoxy) is 2. The minimum Gasteiger partial charge on any atom is -0.494 e. The maximum absolute atomic E-state index is 11.7. The average Bonchev–Trinajstić information content (AvgIpc) is 3.27. The fourth-order valence-corrected chi connectivity index (χ4v) is 5.61. The van der Waals surface area contributed by atoms with E-state index in [9.17, 15) is 8.42 Å². The van der Waals surface area contributed by atoms with Crippen LogP contribution in [0.2, 0.25) is 0 Å². The van der Waals surface area contributed by atoms with Crippen molar-refractivity contribution in [1.29, 1.82) is 0 Å². The van der Waals surface area contributed by atoms with E-state index in [2.05, 4.69) is 25.9 Å². The summed E-state index contributed by atoms with van der Waals surface area (Å²) >= 11 is 0. The van der Waals surface area contributed by atoms with Crippen LogP contribution in [0.1, 0.15) is 30.5 Å². The van der Waals surface area contributed by atoms with E-state index < -0.39 is 10.0 Å². The molecule has 0 N–H and O–H groups in total. The number of aromatic nitrogens is 3. The normalized spacial score (nSPS) is 21.9. The van der Waals surface area contributed by atoms with Crippen molar-refractivity contribution < 1.29 is 17.9 Å². The molecule has 0 radical (unpaired) electrons. The van der Waals surface area contributed by atoms with E-state index in [4.69, 9.17) is 9.47 Å². The Kier molecular flexibility index (Phi) is 5.96. The Bertz CT molecular complexity index is 1140. The minimum absolute atomic E-state index is 0.164. The van der Waals surface area contributed by atoms with Crippen LogP contribution in [0.3, 0.4) is 0 Å². The SMILES string of the molecule is COc1cnc(N2CCC([C@H]3Cc4cc(C5=CCN(S(C)(=O)=O)CC5)ncc4O3)CC2)nc1. The number of piperidine rings is 1. The van der Waals surface area contributed by atoms with Crippen LogP contribution >= 0.6 is 0 Å². The first-order valence-corrected chi connectivity index (χ1v) is 13.2. The third kappa shape index (κ3) is 4.67. The molecule has 0 amide bonds. The molecule has 2 aromatic rings. The molecule has 2 aromatic heterocycles. The highest BCUT2D eigenvalue weighted by Crippen LogP contribution is 2.37. The van der Waals surface area contributed by atoms with Gasteiger partial charge in [-0.3, -0.25) is 4.98 Å². The van der Waals surface area contributed by atoms with Gasteiger partial charge in [0.2, 0.25) is 16.0 Å². The highest BCUT2D eigenvalue weighted by atomic mass is 32.2. The van der Waals surface area contributed by atoms with Crippen LogP contribution in [0.4, 0.5) is 5.95 Å². The van der Waals surface area contributed by atoms with E-state index >= 15 is 0 Å². The van der Waals surface area contributed by atoms with Crippen LogP contribution in [-0.4, -0.2) is 73.3 Å². The largest absolute Gasteiger partial charge is 0.494 e. The third-order valence-corrected chi connectivity index (χ3v) is 8.09. The van der Waals surface area contributed by atoms with Gasteiger partial charge in [0.05, 0.1) is 37.7 Å². The molecule has 5 rings (SSSR count). The van der Waals surface area contributed by atoms with Crippen molar-refractivity contribution in [2.75, 3.05) is 44.4 Å². The van der Waals surface area contributed by atoms with E-state index in [0.717, 1.165) is 55.3 Å². The zero-order chi connectivity index (χ0) is 23.0. The molecular formula is C23H29N5O4S. The highest BCUT2D eigenvalue weighted by Gasteiger charge is 2.34. The van der Waals surface area contributed by atoms with Crippen LogP contribution in [-0.2, 0) is 16.4 Å². The van der Waals surface area contributed by atoms with Crippen molar-refractivity contribution in [2.24, 2.45) is 5.92 Å². The van der Waals surface area contributed by atoms with E-state index in [0.29, 0.717) is 31.2 Å². The van der Waals surface area contributed by atoms with Gasteiger partial charge in [0.1, 0.15) is 11.9 Å². The van der Waals surface area contributed by atoms with E-state index in [1.54, 1.807) is 19.5 Å². The monoisotopic (exact) mass is 471 g/mol. The minimum atomic E-state index is -3.15. The Balaban J connectivity index is 1.19. The summed E-state index contributed by atoms with van der Waals surface area (Å²) in [4.78, 5) is 15.6. The van der Waals surface area contributed by atoms with E-state index in [-0.39, 0.29) is 6.10 Å². The predicted octanol–water partition coefficient (Wildman–Crippen LogP) is 2.15. The second-order valence-electron chi connectivity index (χ2n) is 8.89. The molecule has 0 bridgehead atoms. The summed E-state index contributed by atoms with van der Waals surface area (Å²) in [6.07, 6.45) is 12.3. The average molecular weight is 472 g/mol. The molecule has 176 valence electrons. The van der Waals surface area contributed by atoms with Gasteiger partial charge in [-0.2, -0.15) is 4.31 Å². The van der Waals surface area contributed by atoms with Gasteiger partial charge in [0.25, 0.3) is 0 Å². The number of fused-ring (bicyclic) bond motifs is 1. The number of pyridine rings is 1. The summed E-state index contributed by atoms with van der Waals surface area (Å²) < 4.78 is 36.4. The number of hydrogen-bond acceptors (Lipinski definition) is 8. The summed E-state index contributed by atoms with van der Waals surface area (Å²) in [5, 5.41) is 0. The molecule has 0 saturated carbocycles. The van der Waals surface area contributed by atoms with E-state index in [1.165, 1.54) is 16.1 Å². The molecule has 9 nitrogen and oxygen atoms in total. The van der Waals surface area contributed by atoms with Crippen molar-refractivity contribution in [3.8, 4) is 11.5 Å². The van der Waals surface area contributed by atoms with Crippen molar-refractivity contribution in [3.05, 3.63) is 42.0 Å². The van der Waals surface area contributed by atoms with Crippen LogP contribution < -0.4 is 14.4 Å². The Hall–Kier alpha value is -2.72. The number of anilines is 1. The van der Waals surface area contributed by atoms with Gasteiger partial charge in [0.15, 0.2) is 5.75 Å². The number of methoxy groups -OCH3 is 1. The molecule has 0 aliphatic carbocycles. The standard InChI is InChI=1S/C23H29N5O4S/c1-31-19-13-25-23(26-14-19)27-7-3-17(4-8-27)21-12-18-11-20(24-15-22(18)32-21)16-5-9-28(10-6-16)33(2,29)30/h5,11,13-15,17,21H,3-4,6-10,12H2,1-2H3/t21-/m1/s1. The fraction of sp³-hybridized carbons (Fsp3) is 0.522. The molecule has 1 atom stereocenters. The van der Waals surface area contributed by atoms with Gasteiger partial charge in [-0.15, -0.1) is 0 Å². The van der Waals surface area contributed by atoms with E-state index in [1.807, 2.05) is 12.3 Å². The molecule has 5 heterocycles. The van der Waals surface area contributed by atoms with Crippen molar-refractivity contribution in [3.63, 3.8) is 0 Å². The van der Waals surface area contributed by atoms with Gasteiger partial charge in [0, 0.05) is 38.2 Å². The first-order chi connectivity index (χ1) is 15.9. The van der Waals surface area contributed by atoms with Crippen molar-refractivity contribution >= 4 is 21.5 Å². The van der Waals surface area contributed by atoms with Crippen LogP contribution in [0.25, 0.3) is 5.57 Å². The predicted molar refractivity (Wildman–Crippen MR) is 125 cm³/mol. The molecule has 33 heavy (non-hydrogen) atoms. The first-order valence-electron chi connectivity index (χ1n) is 11.3. The number of hydrogen-bond donors (Lipinski definition) is 0. The second-order valence-corrected chi connectivity index (χ2v) is 10.9. The van der Waals surface area contributed by atoms with Crippen LogP contribution in [0, 0.1) is 5.92 Å². The van der Waals surface area contributed by atoms with Gasteiger partial charge < -0.3 is 14.4 Å². The van der Waals surface area contributed by atoms with Gasteiger partial charge >= 0.3 is 0 Å². The lowest BCUT2D eigenvalue weighted by Crippen LogP contribution is -2.40. The van der Waals surface area contributed by atoms with Crippen molar-refractivity contribution in [1.82, 2.24) is 19.3 Å². The summed E-state index contributed by atoms with van der Waals surface area (Å²) in [6.45, 7) is 2.71. The number of rotatable bonds is 5. The quantitative estimate of drug-likeness (QED) is 0.654. The Labute approximate surface area is 194 Å². The molecule has 3 aliphatic rings. The van der Waals surface area contributed by atoms with Gasteiger partial charge in [-0.05, 0) is 36.8 Å². The molecular weight excluding hydrogens is 442 g/mol. The smallest absolute Gasteiger partial charge is 0.225 e. The topological polar surface area (TPSA) is 97.8 Å². The molecule has 0 spiro atoms. The maximum Gasteiger partial charge on any atom is 0.225 e. The van der Waals surface area contributed by atoms with Crippen LogP contribution in [0.15, 0.2) is 30.7 Å². The lowest BCUT2D eigenvalue weighted by Gasteiger charge is -2.34. The maximum atomic E-state index is 11.7. The highest BCUT2D eigenvalue weighted by molar-refractivity contribution is 7.88. The number of sulfonamides is 1. The molecule has 10 heteroatoms. The second kappa shape index (κ2) is 8.90. The summed E-state index contributed by atoms with van der Waals surface area (Å²) in [5.74, 6) is 2.76. The van der Waals surface area contributed by atoms with Crippen molar-refractivity contribution in [2.45, 2.75) is 31.8 Å². The first kappa shape index (κ1) is 22.1. The zero-order valence-electron chi connectivity index (χ0n) is 19.0. The lowest BCUT2D eigenvalue weighted by molar-refractivity contribution is 0.138. The van der Waals surface area contributed by atoms with Gasteiger partial charge in [-0.1, -0.05) is 6.08 Å². The van der Waals surface area contributed by atoms with Crippen LogP contribution in [0.5, 0.6) is 11.5 Å². The number of nitrogens with zero attached hydrogens (tertiary/aromatic N) is 5. The Morgan fingerprint density at radius 1 is 1.09 bits per heavy atom. The Morgan fingerprint density at radius 3 is 2.48 bits per heavy atom. The summed E-state index contributed by atoms with van der Waals surface area (Å²) in [7, 11) is -1.54. The fourth-order valence-electron chi connectivity index (χ4n) is 4.84. The third-order valence-electron chi connectivity index (χ3n) is 6.82. The lowest BCUT2D eigenvalue weighted by atomic mass is 9.89. The van der Waals surface area contributed by atoms with Gasteiger partial charge in [-0.25, -0.2) is 18.4 Å². The summed E-state index contributed by atoms with van der Waals surface area (Å²) in [6, 6.07) is 2.12. The molecule has 0 unspecified atom stereocenters. The molecule has 0 aromatic carbocycles. The molecule has 3 aliphatic heterocycles.